The van der Waals surface area contributed by atoms with Crippen LogP contribution in [0, 0.1) is 11.3 Å². The summed E-state index contributed by atoms with van der Waals surface area (Å²) in [6.07, 6.45) is 1.51. The quantitative estimate of drug-likeness (QED) is 0.880. The highest BCUT2D eigenvalue weighted by Crippen LogP contribution is 2.23. The minimum atomic E-state index is -3.63. The standard InChI is InChI=1S/C12H14ClN3O2S/c13-11-7-9(8-14)1-2-12(11)19(17,18)16-10-3-5-15-6-4-10/h1-2,7,10,15-16H,3-6H2. The number of benzene rings is 1. The highest BCUT2D eigenvalue weighted by atomic mass is 35.5. The van der Waals surface area contributed by atoms with Crippen LogP contribution in [0.4, 0.5) is 0 Å². The summed E-state index contributed by atoms with van der Waals surface area (Å²) < 4.78 is 27.1. The molecule has 0 aromatic heterocycles. The fraction of sp³-hybridized carbons (Fsp3) is 0.417. The van der Waals surface area contributed by atoms with Gasteiger partial charge in [-0.2, -0.15) is 5.26 Å². The average molecular weight is 300 g/mol. The molecule has 7 heteroatoms. The Morgan fingerprint density at radius 3 is 2.63 bits per heavy atom. The van der Waals surface area contributed by atoms with Gasteiger partial charge in [-0.05, 0) is 44.1 Å². The normalized spacial score (nSPS) is 17.1. The largest absolute Gasteiger partial charge is 0.317 e. The summed E-state index contributed by atoms with van der Waals surface area (Å²) in [6, 6.07) is 6.02. The maximum atomic E-state index is 12.2. The van der Waals surface area contributed by atoms with Crippen molar-refractivity contribution in [2.24, 2.45) is 0 Å². The van der Waals surface area contributed by atoms with E-state index < -0.39 is 10.0 Å². The first-order valence-corrected chi connectivity index (χ1v) is 7.82. The van der Waals surface area contributed by atoms with Crippen LogP contribution < -0.4 is 10.0 Å². The monoisotopic (exact) mass is 299 g/mol. The lowest BCUT2D eigenvalue weighted by atomic mass is 10.1. The van der Waals surface area contributed by atoms with Crippen LogP contribution in [0.2, 0.25) is 5.02 Å². The summed E-state index contributed by atoms with van der Waals surface area (Å²) in [5, 5.41) is 12.0. The van der Waals surface area contributed by atoms with Gasteiger partial charge in [0.05, 0.1) is 16.7 Å². The van der Waals surface area contributed by atoms with Gasteiger partial charge in [0.1, 0.15) is 4.90 Å². The number of hydrogen-bond acceptors (Lipinski definition) is 4. The van der Waals surface area contributed by atoms with Gasteiger partial charge in [-0.25, -0.2) is 13.1 Å². The maximum Gasteiger partial charge on any atom is 0.242 e. The van der Waals surface area contributed by atoms with Gasteiger partial charge in [-0.3, -0.25) is 0 Å². The first-order chi connectivity index (χ1) is 9.03. The number of halogens is 1. The fourth-order valence-corrected chi connectivity index (χ4v) is 3.86. The molecule has 2 rings (SSSR count). The van der Waals surface area contributed by atoms with Gasteiger partial charge >= 0.3 is 0 Å². The van der Waals surface area contributed by atoms with Crippen LogP contribution >= 0.6 is 11.6 Å². The first-order valence-electron chi connectivity index (χ1n) is 5.95. The number of sulfonamides is 1. The molecule has 0 saturated carbocycles. The smallest absolute Gasteiger partial charge is 0.242 e. The van der Waals surface area contributed by atoms with E-state index in [1.165, 1.54) is 18.2 Å². The number of nitriles is 1. The topological polar surface area (TPSA) is 82.0 Å². The SMILES string of the molecule is N#Cc1ccc(S(=O)(=O)NC2CCNCC2)c(Cl)c1. The number of nitrogens with zero attached hydrogens (tertiary/aromatic N) is 1. The molecule has 0 spiro atoms. The Balaban J connectivity index is 2.22. The molecule has 5 nitrogen and oxygen atoms in total. The zero-order valence-electron chi connectivity index (χ0n) is 10.2. The van der Waals surface area contributed by atoms with E-state index in [0.29, 0.717) is 5.56 Å². The van der Waals surface area contributed by atoms with Gasteiger partial charge in [-0.1, -0.05) is 11.6 Å². The second kappa shape index (κ2) is 5.88. The minimum absolute atomic E-state index is 0.0201. The van der Waals surface area contributed by atoms with E-state index in [9.17, 15) is 8.42 Å². The fourth-order valence-electron chi connectivity index (χ4n) is 2.01. The van der Waals surface area contributed by atoms with E-state index in [1.54, 1.807) is 0 Å². The number of rotatable bonds is 3. The molecule has 0 bridgehead atoms. The van der Waals surface area contributed by atoms with Crippen molar-refractivity contribution in [1.29, 1.82) is 5.26 Å². The third kappa shape index (κ3) is 3.45. The molecule has 19 heavy (non-hydrogen) atoms. The van der Waals surface area contributed by atoms with Crippen molar-refractivity contribution >= 4 is 21.6 Å². The Morgan fingerprint density at radius 1 is 1.37 bits per heavy atom. The minimum Gasteiger partial charge on any atom is -0.317 e. The Bertz CT molecular complexity index is 604. The van der Waals surface area contributed by atoms with E-state index >= 15 is 0 Å². The summed E-state index contributed by atoms with van der Waals surface area (Å²) >= 11 is 5.93. The van der Waals surface area contributed by atoms with E-state index in [0.717, 1.165) is 25.9 Å². The lowest BCUT2D eigenvalue weighted by Gasteiger charge is -2.23. The van der Waals surface area contributed by atoms with Gasteiger partial charge in [0.15, 0.2) is 0 Å². The van der Waals surface area contributed by atoms with Gasteiger partial charge < -0.3 is 5.32 Å². The van der Waals surface area contributed by atoms with Crippen LogP contribution in [0.25, 0.3) is 0 Å². The number of hydrogen-bond donors (Lipinski definition) is 2. The Labute approximate surface area is 117 Å². The summed E-state index contributed by atoms with van der Waals surface area (Å²) in [5.41, 5.74) is 0.339. The molecule has 0 radical (unpaired) electrons. The molecular weight excluding hydrogens is 286 g/mol. The summed E-state index contributed by atoms with van der Waals surface area (Å²) in [5.74, 6) is 0. The molecule has 1 fully saturated rings. The first kappa shape index (κ1) is 14.3. The van der Waals surface area contributed by atoms with E-state index in [1.807, 2.05) is 6.07 Å². The number of piperidine rings is 1. The third-order valence-electron chi connectivity index (χ3n) is 3.01. The average Bonchev–Trinajstić information content (AvgIpc) is 2.38. The molecule has 1 aromatic carbocycles. The van der Waals surface area contributed by atoms with Crippen molar-refractivity contribution < 1.29 is 8.42 Å². The highest BCUT2D eigenvalue weighted by molar-refractivity contribution is 7.89. The molecule has 0 unspecified atom stereocenters. The molecule has 2 N–H and O–H groups in total. The Kier molecular flexibility index (Phi) is 4.42. The van der Waals surface area contributed by atoms with Crippen LogP contribution in [-0.2, 0) is 10.0 Å². The molecule has 1 aliphatic heterocycles. The van der Waals surface area contributed by atoms with Crippen molar-refractivity contribution in [3.05, 3.63) is 28.8 Å². The van der Waals surface area contributed by atoms with Crippen molar-refractivity contribution in [2.75, 3.05) is 13.1 Å². The molecule has 102 valence electrons. The lowest BCUT2D eigenvalue weighted by Crippen LogP contribution is -2.42. The molecule has 0 aliphatic carbocycles. The maximum absolute atomic E-state index is 12.2. The van der Waals surface area contributed by atoms with Crippen molar-refractivity contribution in [3.8, 4) is 6.07 Å². The molecular formula is C12H14ClN3O2S. The van der Waals surface area contributed by atoms with Crippen LogP contribution in [0.5, 0.6) is 0 Å². The predicted octanol–water partition coefficient (Wildman–Crippen LogP) is 1.24. The van der Waals surface area contributed by atoms with Gasteiger partial charge in [-0.15, -0.1) is 0 Å². The second-order valence-corrected chi connectivity index (χ2v) is 6.49. The van der Waals surface area contributed by atoms with Crippen LogP contribution in [0.1, 0.15) is 18.4 Å². The van der Waals surface area contributed by atoms with Crippen LogP contribution in [-0.4, -0.2) is 27.5 Å². The highest BCUT2D eigenvalue weighted by Gasteiger charge is 2.23. The Hall–Kier alpha value is -1.13. The number of nitrogens with one attached hydrogen (secondary N) is 2. The van der Waals surface area contributed by atoms with E-state index in [2.05, 4.69) is 10.0 Å². The summed E-state index contributed by atoms with van der Waals surface area (Å²) in [4.78, 5) is 0.0201. The molecule has 1 aromatic rings. The Morgan fingerprint density at radius 2 is 2.05 bits per heavy atom. The zero-order valence-corrected chi connectivity index (χ0v) is 11.8. The van der Waals surface area contributed by atoms with Gasteiger partial charge in [0, 0.05) is 6.04 Å². The van der Waals surface area contributed by atoms with Crippen molar-refractivity contribution in [3.63, 3.8) is 0 Å². The van der Waals surface area contributed by atoms with E-state index in [-0.39, 0.29) is 16.0 Å². The summed E-state index contributed by atoms with van der Waals surface area (Å²) in [7, 11) is -3.63. The molecule has 1 heterocycles. The predicted molar refractivity (Wildman–Crippen MR) is 72.4 cm³/mol. The summed E-state index contributed by atoms with van der Waals surface area (Å²) in [6.45, 7) is 1.60. The van der Waals surface area contributed by atoms with Crippen LogP contribution in [0.15, 0.2) is 23.1 Å². The molecule has 0 amide bonds. The van der Waals surface area contributed by atoms with Crippen molar-refractivity contribution in [2.45, 2.75) is 23.8 Å². The zero-order chi connectivity index (χ0) is 13.9. The van der Waals surface area contributed by atoms with E-state index in [4.69, 9.17) is 16.9 Å². The van der Waals surface area contributed by atoms with Gasteiger partial charge in [0.2, 0.25) is 10.0 Å². The third-order valence-corrected chi connectivity index (χ3v) is 5.01. The molecule has 1 aliphatic rings. The molecule has 1 saturated heterocycles. The van der Waals surface area contributed by atoms with Gasteiger partial charge in [0.25, 0.3) is 0 Å². The molecule has 0 atom stereocenters. The second-order valence-electron chi connectivity index (χ2n) is 4.40. The lowest BCUT2D eigenvalue weighted by molar-refractivity contribution is 0.427. The van der Waals surface area contributed by atoms with Crippen molar-refractivity contribution in [1.82, 2.24) is 10.0 Å². The van der Waals surface area contributed by atoms with Crippen LogP contribution in [0.3, 0.4) is 0 Å².